The summed E-state index contributed by atoms with van der Waals surface area (Å²) in [6.07, 6.45) is 3.97. The Hall–Kier alpha value is -1.84. The first kappa shape index (κ1) is 12.9. The number of anilines is 1. The van der Waals surface area contributed by atoms with Crippen LogP contribution in [-0.4, -0.2) is 29.3 Å². The molecule has 3 aliphatic rings. The minimum absolute atomic E-state index is 0.00972. The summed E-state index contributed by atoms with van der Waals surface area (Å²) in [5, 5.41) is 2.95. The molecule has 3 fully saturated rings. The van der Waals surface area contributed by atoms with Gasteiger partial charge in [-0.1, -0.05) is 12.1 Å². The molecule has 4 atom stereocenters. The Morgan fingerprint density at radius 3 is 2.81 bits per heavy atom. The standard InChI is InChI=1S/C17H20N2O2/c1-10(20)11-3-2-4-14(8-11)18-17(21)19-9-15-12-5-6-13(7-12)16(15)19/h2-4,8,12-13,15-16H,5-7,9H2,1H3,(H,18,21)/t12-,13-,15-,16+/m0/s1. The van der Waals surface area contributed by atoms with Crippen molar-refractivity contribution in [2.45, 2.75) is 32.2 Å². The second-order valence-electron chi connectivity index (χ2n) is 6.71. The minimum atomic E-state index is -0.00972. The predicted molar refractivity (Wildman–Crippen MR) is 80.3 cm³/mol. The molecule has 0 spiro atoms. The summed E-state index contributed by atoms with van der Waals surface area (Å²) in [6, 6.07) is 7.63. The first-order valence-electron chi connectivity index (χ1n) is 7.82. The number of urea groups is 1. The fourth-order valence-corrected chi connectivity index (χ4v) is 4.56. The zero-order valence-corrected chi connectivity index (χ0v) is 12.2. The second kappa shape index (κ2) is 4.58. The zero-order valence-electron chi connectivity index (χ0n) is 12.2. The molecule has 2 bridgehead atoms. The first-order valence-corrected chi connectivity index (χ1v) is 7.82. The van der Waals surface area contributed by atoms with Crippen LogP contribution >= 0.6 is 0 Å². The van der Waals surface area contributed by atoms with E-state index in [-0.39, 0.29) is 11.8 Å². The molecule has 1 saturated heterocycles. The Morgan fingerprint density at radius 1 is 1.24 bits per heavy atom. The van der Waals surface area contributed by atoms with Crippen LogP contribution in [0.5, 0.6) is 0 Å². The lowest BCUT2D eigenvalue weighted by atomic mass is 9.77. The van der Waals surface area contributed by atoms with Gasteiger partial charge < -0.3 is 10.2 Å². The van der Waals surface area contributed by atoms with Crippen LogP contribution in [0.4, 0.5) is 10.5 Å². The van der Waals surface area contributed by atoms with Gasteiger partial charge in [-0.3, -0.25) is 4.79 Å². The van der Waals surface area contributed by atoms with Crippen LogP contribution in [0.2, 0.25) is 0 Å². The number of rotatable bonds is 2. The highest BCUT2D eigenvalue weighted by Crippen LogP contribution is 2.55. The summed E-state index contributed by atoms with van der Waals surface area (Å²) < 4.78 is 0. The van der Waals surface area contributed by atoms with Gasteiger partial charge in [0.15, 0.2) is 5.78 Å². The Labute approximate surface area is 124 Å². The van der Waals surface area contributed by atoms with Crippen molar-refractivity contribution in [1.29, 1.82) is 0 Å². The fourth-order valence-electron chi connectivity index (χ4n) is 4.56. The van der Waals surface area contributed by atoms with Crippen molar-refractivity contribution in [2.24, 2.45) is 17.8 Å². The van der Waals surface area contributed by atoms with Crippen molar-refractivity contribution in [3.63, 3.8) is 0 Å². The lowest BCUT2D eigenvalue weighted by molar-refractivity contribution is 0.0177. The molecular formula is C17H20N2O2. The van der Waals surface area contributed by atoms with Gasteiger partial charge in [-0.2, -0.15) is 0 Å². The normalized spacial score (nSPS) is 32.5. The molecule has 1 heterocycles. The van der Waals surface area contributed by atoms with Crippen LogP contribution in [0.25, 0.3) is 0 Å². The molecule has 4 heteroatoms. The van der Waals surface area contributed by atoms with Crippen LogP contribution in [0.15, 0.2) is 24.3 Å². The summed E-state index contributed by atoms with van der Waals surface area (Å²) in [5.74, 6) is 2.36. The first-order chi connectivity index (χ1) is 10.1. The van der Waals surface area contributed by atoms with E-state index in [0.717, 1.165) is 24.3 Å². The van der Waals surface area contributed by atoms with Gasteiger partial charge in [0.1, 0.15) is 0 Å². The Kier molecular flexibility index (Phi) is 2.81. The van der Waals surface area contributed by atoms with Crippen LogP contribution in [-0.2, 0) is 0 Å². The maximum absolute atomic E-state index is 12.4. The fraction of sp³-hybridized carbons (Fsp3) is 0.529. The highest BCUT2D eigenvalue weighted by molar-refractivity contribution is 5.97. The average molecular weight is 284 g/mol. The molecule has 2 aliphatic carbocycles. The molecule has 1 N–H and O–H groups in total. The molecule has 21 heavy (non-hydrogen) atoms. The van der Waals surface area contributed by atoms with Crippen molar-refractivity contribution >= 4 is 17.5 Å². The number of likely N-dealkylation sites (tertiary alicyclic amines) is 1. The molecule has 4 nitrogen and oxygen atoms in total. The maximum Gasteiger partial charge on any atom is 0.322 e. The molecule has 110 valence electrons. The highest BCUT2D eigenvalue weighted by atomic mass is 16.2. The molecule has 1 aromatic carbocycles. The van der Waals surface area contributed by atoms with Crippen molar-refractivity contribution in [1.82, 2.24) is 4.90 Å². The number of ketones is 1. The van der Waals surface area contributed by atoms with Gasteiger partial charge in [0.25, 0.3) is 0 Å². The van der Waals surface area contributed by atoms with Crippen LogP contribution in [0.3, 0.4) is 0 Å². The number of nitrogens with one attached hydrogen (secondary N) is 1. The van der Waals surface area contributed by atoms with E-state index in [0.29, 0.717) is 17.3 Å². The summed E-state index contributed by atoms with van der Waals surface area (Å²) >= 11 is 0. The predicted octanol–water partition coefficient (Wildman–Crippen LogP) is 3.15. The average Bonchev–Trinajstić information content (AvgIpc) is 2.95. The third-order valence-electron chi connectivity index (χ3n) is 5.59. The number of amides is 2. The van der Waals surface area contributed by atoms with Gasteiger partial charge in [-0.15, -0.1) is 0 Å². The van der Waals surface area contributed by atoms with Crippen LogP contribution in [0, 0.1) is 17.8 Å². The lowest BCUT2D eigenvalue weighted by Crippen LogP contribution is -2.61. The summed E-state index contributed by atoms with van der Waals surface area (Å²) in [7, 11) is 0. The van der Waals surface area contributed by atoms with Gasteiger partial charge in [0.05, 0.1) is 0 Å². The SMILES string of the molecule is CC(=O)c1cccc(NC(=O)N2C[C@H]3[C@H]4CC[C@@H](C4)[C@H]32)c1. The molecule has 4 rings (SSSR count). The van der Waals surface area contributed by atoms with Crippen molar-refractivity contribution in [2.75, 3.05) is 11.9 Å². The number of nitrogens with zero attached hydrogens (tertiary/aromatic N) is 1. The summed E-state index contributed by atoms with van der Waals surface area (Å²) in [5.41, 5.74) is 1.34. The van der Waals surface area contributed by atoms with E-state index >= 15 is 0 Å². The highest BCUT2D eigenvalue weighted by Gasteiger charge is 2.57. The molecule has 2 saturated carbocycles. The Morgan fingerprint density at radius 2 is 2.05 bits per heavy atom. The van der Waals surface area contributed by atoms with E-state index in [1.807, 2.05) is 17.0 Å². The molecule has 0 unspecified atom stereocenters. The number of carbonyl (C=O) groups excluding carboxylic acids is 2. The van der Waals surface area contributed by atoms with E-state index in [1.165, 1.54) is 26.2 Å². The van der Waals surface area contributed by atoms with Crippen LogP contribution < -0.4 is 5.32 Å². The third-order valence-corrected chi connectivity index (χ3v) is 5.59. The third kappa shape index (κ3) is 1.96. The van der Waals surface area contributed by atoms with Crippen molar-refractivity contribution in [3.8, 4) is 0 Å². The molecule has 2 amide bonds. The number of hydrogen-bond donors (Lipinski definition) is 1. The molecule has 0 radical (unpaired) electrons. The monoisotopic (exact) mass is 284 g/mol. The summed E-state index contributed by atoms with van der Waals surface area (Å²) in [6.45, 7) is 2.44. The van der Waals surface area contributed by atoms with E-state index in [4.69, 9.17) is 0 Å². The van der Waals surface area contributed by atoms with Crippen LogP contribution in [0.1, 0.15) is 36.5 Å². The van der Waals surface area contributed by atoms with E-state index in [1.54, 1.807) is 12.1 Å². The largest absolute Gasteiger partial charge is 0.322 e. The van der Waals surface area contributed by atoms with Gasteiger partial charge in [-0.25, -0.2) is 4.79 Å². The molecule has 1 aliphatic heterocycles. The van der Waals surface area contributed by atoms with Crippen molar-refractivity contribution in [3.05, 3.63) is 29.8 Å². The molecular weight excluding hydrogens is 264 g/mol. The van der Waals surface area contributed by atoms with Crippen molar-refractivity contribution < 1.29 is 9.59 Å². The van der Waals surface area contributed by atoms with Gasteiger partial charge in [0, 0.05) is 29.8 Å². The summed E-state index contributed by atoms with van der Waals surface area (Å²) in [4.78, 5) is 25.8. The number of hydrogen-bond acceptors (Lipinski definition) is 2. The smallest absolute Gasteiger partial charge is 0.321 e. The zero-order chi connectivity index (χ0) is 14.6. The van der Waals surface area contributed by atoms with E-state index < -0.39 is 0 Å². The van der Waals surface area contributed by atoms with Gasteiger partial charge in [-0.05, 0) is 50.2 Å². The van der Waals surface area contributed by atoms with Gasteiger partial charge in [0.2, 0.25) is 0 Å². The van der Waals surface area contributed by atoms with E-state index in [2.05, 4.69) is 5.32 Å². The molecule has 0 aromatic heterocycles. The number of benzene rings is 1. The second-order valence-corrected chi connectivity index (χ2v) is 6.71. The molecule has 1 aromatic rings. The van der Waals surface area contributed by atoms with Gasteiger partial charge >= 0.3 is 6.03 Å². The maximum atomic E-state index is 12.4. The number of fused-ring (bicyclic) bond motifs is 5. The number of carbonyl (C=O) groups is 2. The lowest BCUT2D eigenvalue weighted by Gasteiger charge is -2.50. The topological polar surface area (TPSA) is 49.4 Å². The Balaban J connectivity index is 1.45. The van der Waals surface area contributed by atoms with E-state index in [9.17, 15) is 9.59 Å². The Bertz CT molecular complexity index is 611. The quantitative estimate of drug-likeness (QED) is 0.848. The number of Topliss-reactive ketones (excluding diaryl/α,β-unsaturated/α-hetero) is 1. The minimum Gasteiger partial charge on any atom is -0.321 e.